The van der Waals surface area contributed by atoms with Gasteiger partial charge in [0.25, 0.3) is 5.91 Å². The number of anilines is 1. The molecule has 1 aliphatic rings. The lowest BCUT2D eigenvalue weighted by molar-refractivity contribution is -0.112. The summed E-state index contributed by atoms with van der Waals surface area (Å²) in [6.07, 6.45) is 1.99. The maximum atomic E-state index is 12.3. The van der Waals surface area contributed by atoms with Gasteiger partial charge in [0.1, 0.15) is 0 Å². The number of benzene rings is 2. The summed E-state index contributed by atoms with van der Waals surface area (Å²) in [4.78, 5) is 13.4. The highest BCUT2D eigenvalue weighted by molar-refractivity contribution is 7.99. The first-order valence-electron chi connectivity index (χ1n) is 6.53. The minimum Gasteiger partial charge on any atom is -0.321 e. The smallest absolute Gasteiger partial charge is 0.252 e. The van der Waals surface area contributed by atoms with Gasteiger partial charge in [0.2, 0.25) is 0 Å². The molecule has 1 N–H and O–H groups in total. The van der Waals surface area contributed by atoms with E-state index in [-0.39, 0.29) is 5.91 Å². The van der Waals surface area contributed by atoms with E-state index in [1.807, 2.05) is 48.5 Å². The lowest BCUT2D eigenvalue weighted by Gasteiger charge is -2.05. The number of hydrogen-bond acceptors (Lipinski definition) is 2. The van der Waals surface area contributed by atoms with Crippen LogP contribution in [0.25, 0.3) is 6.08 Å². The second-order valence-corrected chi connectivity index (χ2v) is 5.78. The van der Waals surface area contributed by atoms with E-state index in [0.29, 0.717) is 5.75 Å². The van der Waals surface area contributed by atoms with Crippen LogP contribution in [-0.2, 0) is 4.79 Å². The average Bonchev–Trinajstić information content (AvgIpc) is 2.61. The first-order chi connectivity index (χ1) is 9.74. The van der Waals surface area contributed by atoms with Crippen molar-refractivity contribution in [2.45, 2.75) is 11.8 Å². The van der Waals surface area contributed by atoms with E-state index < -0.39 is 0 Å². The molecule has 20 heavy (non-hydrogen) atoms. The number of carbonyl (C=O) groups is 1. The zero-order valence-corrected chi connectivity index (χ0v) is 12.0. The largest absolute Gasteiger partial charge is 0.321 e. The molecule has 0 radical (unpaired) electrons. The molecular formula is C17H15NOS. The Bertz CT molecular complexity index is 691. The second kappa shape index (κ2) is 5.55. The summed E-state index contributed by atoms with van der Waals surface area (Å²) in [7, 11) is 0. The Balaban J connectivity index is 1.94. The molecule has 3 heteroatoms. The number of amides is 1. The van der Waals surface area contributed by atoms with Gasteiger partial charge in [-0.1, -0.05) is 36.4 Å². The lowest BCUT2D eigenvalue weighted by Crippen LogP contribution is -2.13. The average molecular weight is 281 g/mol. The monoisotopic (exact) mass is 281 g/mol. The van der Waals surface area contributed by atoms with Gasteiger partial charge < -0.3 is 5.32 Å². The maximum Gasteiger partial charge on any atom is 0.252 e. The molecule has 1 amide bonds. The fourth-order valence-corrected chi connectivity index (χ4v) is 3.14. The number of carbonyl (C=O) groups excluding carboxylic acids is 1. The molecule has 0 aliphatic carbocycles. The molecule has 0 bridgehead atoms. The van der Waals surface area contributed by atoms with Crippen LogP contribution in [0.4, 0.5) is 5.69 Å². The van der Waals surface area contributed by atoms with Gasteiger partial charge in [0.15, 0.2) is 0 Å². The minimum absolute atomic E-state index is 0.00861. The van der Waals surface area contributed by atoms with Crippen molar-refractivity contribution >= 4 is 29.4 Å². The summed E-state index contributed by atoms with van der Waals surface area (Å²) in [5, 5.41) is 2.98. The number of para-hydroxylation sites is 1. The molecule has 0 aromatic heterocycles. The van der Waals surface area contributed by atoms with Crippen molar-refractivity contribution in [2.24, 2.45) is 0 Å². The molecule has 0 saturated carbocycles. The SMILES string of the molecule is Cc1ccccc1/C=C1\CSc2ccccc2NC1=O. The molecule has 0 atom stereocenters. The third-order valence-corrected chi connectivity index (χ3v) is 4.45. The zero-order chi connectivity index (χ0) is 13.9. The number of thioether (sulfide) groups is 1. The fraction of sp³-hybridized carbons (Fsp3) is 0.118. The molecule has 3 rings (SSSR count). The summed E-state index contributed by atoms with van der Waals surface area (Å²) in [5.74, 6) is 0.683. The summed E-state index contributed by atoms with van der Waals surface area (Å²) in [6.45, 7) is 2.06. The normalized spacial score (nSPS) is 16.4. The summed E-state index contributed by atoms with van der Waals surface area (Å²) < 4.78 is 0. The van der Waals surface area contributed by atoms with Crippen LogP contribution >= 0.6 is 11.8 Å². The number of hydrogen-bond donors (Lipinski definition) is 1. The van der Waals surface area contributed by atoms with E-state index in [0.717, 1.165) is 21.7 Å². The van der Waals surface area contributed by atoms with E-state index in [1.165, 1.54) is 5.56 Å². The second-order valence-electron chi connectivity index (χ2n) is 4.77. The van der Waals surface area contributed by atoms with Gasteiger partial charge in [0.05, 0.1) is 5.69 Å². The Morgan fingerprint density at radius 3 is 2.70 bits per heavy atom. The Morgan fingerprint density at radius 2 is 1.85 bits per heavy atom. The molecular weight excluding hydrogens is 266 g/mol. The van der Waals surface area contributed by atoms with Gasteiger partial charge in [-0.05, 0) is 36.3 Å². The standard InChI is InChI=1S/C17H15NOS/c1-12-6-2-3-7-13(12)10-14-11-20-16-9-5-4-8-15(16)18-17(14)19/h2-10H,11H2,1H3,(H,18,19)/b14-10+. The topological polar surface area (TPSA) is 29.1 Å². The number of rotatable bonds is 1. The molecule has 0 spiro atoms. The molecule has 0 saturated heterocycles. The molecule has 2 nitrogen and oxygen atoms in total. The minimum atomic E-state index is -0.00861. The first kappa shape index (κ1) is 13.0. The quantitative estimate of drug-likeness (QED) is 0.797. The van der Waals surface area contributed by atoms with Crippen molar-refractivity contribution in [3.8, 4) is 0 Å². The van der Waals surface area contributed by atoms with Crippen LogP contribution in [0, 0.1) is 6.92 Å². The Hall–Kier alpha value is -2.00. The van der Waals surface area contributed by atoms with Crippen LogP contribution in [0.15, 0.2) is 59.0 Å². The molecule has 1 heterocycles. The highest BCUT2D eigenvalue weighted by Crippen LogP contribution is 2.32. The van der Waals surface area contributed by atoms with E-state index in [2.05, 4.69) is 18.3 Å². The zero-order valence-electron chi connectivity index (χ0n) is 11.2. The third kappa shape index (κ3) is 2.63. The van der Waals surface area contributed by atoms with Crippen LogP contribution in [0.1, 0.15) is 11.1 Å². The van der Waals surface area contributed by atoms with Crippen molar-refractivity contribution in [3.05, 3.63) is 65.2 Å². The highest BCUT2D eigenvalue weighted by atomic mass is 32.2. The summed E-state index contributed by atoms with van der Waals surface area (Å²) >= 11 is 1.69. The Labute approximate surface area is 122 Å². The van der Waals surface area contributed by atoms with Crippen LogP contribution in [-0.4, -0.2) is 11.7 Å². The number of nitrogens with one attached hydrogen (secondary N) is 1. The van der Waals surface area contributed by atoms with E-state index >= 15 is 0 Å². The number of fused-ring (bicyclic) bond motifs is 1. The van der Waals surface area contributed by atoms with Crippen molar-refractivity contribution in [1.82, 2.24) is 0 Å². The van der Waals surface area contributed by atoms with E-state index in [9.17, 15) is 4.79 Å². The van der Waals surface area contributed by atoms with E-state index in [4.69, 9.17) is 0 Å². The summed E-state index contributed by atoms with van der Waals surface area (Å²) in [6, 6.07) is 16.0. The summed E-state index contributed by atoms with van der Waals surface area (Å²) in [5.41, 5.74) is 3.99. The van der Waals surface area contributed by atoms with Gasteiger partial charge in [-0.15, -0.1) is 11.8 Å². The van der Waals surface area contributed by atoms with Gasteiger partial charge in [-0.25, -0.2) is 0 Å². The highest BCUT2D eigenvalue weighted by Gasteiger charge is 2.17. The molecule has 100 valence electrons. The van der Waals surface area contributed by atoms with Crippen molar-refractivity contribution in [1.29, 1.82) is 0 Å². The first-order valence-corrected chi connectivity index (χ1v) is 7.52. The van der Waals surface area contributed by atoms with Crippen molar-refractivity contribution in [2.75, 3.05) is 11.1 Å². The molecule has 1 aliphatic heterocycles. The molecule has 0 fully saturated rings. The fourth-order valence-electron chi connectivity index (χ4n) is 2.16. The maximum absolute atomic E-state index is 12.3. The van der Waals surface area contributed by atoms with Crippen LogP contribution in [0.2, 0.25) is 0 Å². The van der Waals surface area contributed by atoms with Crippen molar-refractivity contribution < 1.29 is 4.79 Å². The Morgan fingerprint density at radius 1 is 1.10 bits per heavy atom. The molecule has 2 aromatic rings. The van der Waals surface area contributed by atoms with Crippen LogP contribution < -0.4 is 5.32 Å². The van der Waals surface area contributed by atoms with Crippen LogP contribution in [0.3, 0.4) is 0 Å². The third-order valence-electron chi connectivity index (χ3n) is 3.33. The predicted octanol–water partition coefficient (Wildman–Crippen LogP) is 4.12. The molecule has 2 aromatic carbocycles. The van der Waals surface area contributed by atoms with Gasteiger partial charge in [-0.3, -0.25) is 4.79 Å². The lowest BCUT2D eigenvalue weighted by atomic mass is 10.1. The Kier molecular flexibility index (Phi) is 3.61. The van der Waals surface area contributed by atoms with Gasteiger partial charge in [0, 0.05) is 16.2 Å². The van der Waals surface area contributed by atoms with Crippen LogP contribution in [0.5, 0.6) is 0 Å². The predicted molar refractivity (Wildman–Crippen MR) is 85.0 cm³/mol. The molecule has 0 unspecified atom stereocenters. The van der Waals surface area contributed by atoms with Crippen molar-refractivity contribution in [3.63, 3.8) is 0 Å². The number of aryl methyl sites for hydroxylation is 1. The van der Waals surface area contributed by atoms with E-state index in [1.54, 1.807) is 11.8 Å². The van der Waals surface area contributed by atoms with Gasteiger partial charge in [-0.2, -0.15) is 0 Å². The van der Waals surface area contributed by atoms with Gasteiger partial charge >= 0.3 is 0 Å².